The van der Waals surface area contributed by atoms with Crippen LogP contribution in [0.4, 0.5) is 0 Å². The van der Waals surface area contributed by atoms with E-state index in [9.17, 15) is 9.59 Å². The van der Waals surface area contributed by atoms with E-state index in [4.69, 9.17) is 16.3 Å². The summed E-state index contributed by atoms with van der Waals surface area (Å²) in [6, 6.07) is 13.3. The molecule has 0 aliphatic heterocycles. The molecule has 0 saturated carbocycles. The van der Waals surface area contributed by atoms with Crippen LogP contribution in [0.5, 0.6) is 5.75 Å². The normalized spacial score (nSPS) is 10.0. The van der Waals surface area contributed by atoms with E-state index in [1.807, 2.05) is 13.0 Å². The molecule has 2 aromatic carbocycles. The van der Waals surface area contributed by atoms with Gasteiger partial charge in [-0.05, 0) is 48.9 Å². The maximum absolute atomic E-state index is 11.9. The third-order valence-corrected chi connectivity index (χ3v) is 2.74. The average molecular weight is 275 g/mol. The third kappa shape index (κ3) is 3.42. The molecular formula is C15H11ClO3. The van der Waals surface area contributed by atoms with Crippen molar-refractivity contribution in [1.82, 2.24) is 0 Å². The number of hydrogen-bond donors (Lipinski definition) is 0. The lowest BCUT2D eigenvalue weighted by molar-refractivity contribution is 0.0734. The molecule has 0 aromatic heterocycles. The summed E-state index contributed by atoms with van der Waals surface area (Å²) in [6.45, 7) is 1.89. The highest BCUT2D eigenvalue weighted by atomic mass is 35.5. The summed E-state index contributed by atoms with van der Waals surface area (Å²) >= 11 is 5.37. The van der Waals surface area contributed by atoms with Crippen molar-refractivity contribution < 1.29 is 14.3 Å². The largest absolute Gasteiger partial charge is 0.423 e. The summed E-state index contributed by atoms with van der Waals surface area (Å²) in [5.41, 5.74) is 1.72. The van der Waals surface area contributed by atoms with Crippen molar-refractivity contribution in [2.75, 3.05) is 0 Å². The van der Waals surface area contributed by atoms with Crippen LogP contribution in [0.2, 0.25) is 0 Å². The summed E-state index contributed by atoms with van der Waals surface area (Å²) in [5.74, 6) is -0.180. The standard InChI is InChI=1S/C15H11ClO3/c1-10-4-2-6-12(8-10)15(18)19-13-7-3-5-11(9-13)14(16)17/h2-9H,1H3. The Morgan fingerprint density at radius 2 is 1.68 bits per heavy atom. The van der Waals surface area contributed by atoms with E-state index in [0.717, 1.165) is 5.56 Å². The minimum Gasteiger partial charge on any atom is -0.423 e. The first-order valence-corrected chi connectivity index (χ1v) is 6.03. The van der Waals surface area contributed by atoms with Gasteiger partial charge < -0.3 is 4.74 Å². The molecule has 0 amide bonds. The van der Waals surface area contributed by atoms with E-state index < -0.39 is 11.2 Å². The highest BCUT2D eigenvalue weighted by Crippen LogP contribution is 2.17. The van der Waals surface area contributed by atoms with Gasteiger partial charge in [-0.15, -0.1) is 0 Å². The molecule has 0 spiro atoms. The number of carbonyl (C=O) groups is 2. The molecule has 19 heavy (non-hydrogen) atoms. The molecule has 0 atom stereocenters. The van der Waals surface area contributed by atoms with Crippen molar-refractivity contribution in [2.45, 2.75) is 6.92 Å². The smallest absolute Gasteiger partial charge is 0.343 e. The van der Waals surface area contributed by atoms with Gasteiger partial charge in [0.05, 0.1) is 5.56 Å². The number of hydrogen-bond acceptors (Lipinski definition) is 3. The van der Waals surface area contributed by atoms with Crippen LogP contribution in [-0.4, -0.2) is 11.2 Å². The van der Waals surface area contributed by atoms with Gasteiger partial charge in [0.15, 0.2) is 0 Å². The maximum atomic E-state index is 11.9. The summed E-state index contributed by atoms with van der Waals surface area (Å²) in [5, 5.41) is -0.589. The monoisotopic (exact) mass is 274 g/mol. The molecule has 96 valence electrons. The van der Waals surface area contributed by atoms with E-state index in [0.29, 0.717) is 5.56 Å². The van der Waals surface area contributed by atoms with Gasteiger partial charge in [-0.3, -0.25) is 4.79 Å². The molecule has 0 radical (unpaired) electrons. The lowest BCUT2D eigenvalue weighted by atomic mass is 10.1. The highest BCUT2D eigenvalue weighted by molar-refractivity contribution is 6.67. The fourth-order valence-corrected chi connectivity index (χ4v) is 1.74. The van der Waals surface area contributed by atoms with Gasteiger partial charge in [0.2, 0.25) is 0 Å². The van der Waals surface area contributed by atoms with Gasteiger partial charge in [-0.2, -0.15) is 0 Å². The number of ether oxygens (including phenoxy) is 1. The molecule has 2 aromatic rings. The maximum Gasteiger partial charge on any atom is 0.343 e. The number of rotatable bonds is 3. The van der Waals surface area contributed by atoms with Gasteiger partial charge in [0.1, 0.15) is 5.75 Å². The molecule has 0 N–H and O–H groups in total. The van der Waals surface area contributed by atoms with Crippen LogP contribution >= 0.6 is 11.6 Å². The minimum absolute atomic E-state index is 0.288. The van der Waals surface area contributed by atoms with Crippen LogP contribution in [0.15, 0.2) is 48.5 Å². The molecule has 3 nitrogen and oxygen atoms in total. The first-order valence-electron chi connectivity index (χ1n) is 5.65. The predicted molar refractivity (Wildman–Crippen MR) is 72.8 cm³/mol. The van der Waals surface area contributed by atoms with Crippen LogP contribution in [0.3, 0.4) is 0 Å². The van der Waals surface area contributed by atoms with Crippen molar-refractivity contribution in [2.24, 2.45) is 0 Å². The Bertz CT molecular complexity index is 635. The van der Waals surface area contributed by atoms with Crippen molar-refractivity contribution in [3.8, 4) is 5.75 Å². The minimum atomic E-state index is -0.589. The quantitative estimate of drug-likeness (QED) is 0.488. The van der Waals surface area contributed by atoms with E-state index in [2.05, 4.69) is 0 Å². The topological polar surface area (TPSA) is 43.4 Å². The van der Waals surface area contributed by atoms with Crippen LogP contribution in [0.25, 0.3) is 0 Å². The van der Waals surface area contributed by atoms with Crippen molar-refractivity contribution >= 4 is 22.8 Å². The van der Waals surface area contributed by atoms with Gasteiger partial charge in [-0.1, -0.05) is 23.8 Å². The van der Waals surface area contributed by atoms with Gasteiger partial charge in [0.25, 0.3) is 5.24 Å². The number of halogens is 1. The molecule has 0 aliphatic rings. The Morgan fingerprint density at radius 1 is 1.00 bits per heavy atom. The molecule has 2 rings (SSSR count). The highest BCUT2D eigenvalue weighted by Gasteiger charge is 2.10. The molecule has 0 aliphatic carbocycles. The Morgan fingerprint density at radius 3 is 2.37 bits per heavy atom. The lowest BCUT2D eigenvalue weighted by Crippen LogP contribution is -2.08. The van der Waals surface area contributed by atoms with E-state index in [1.54, 1.807) is 36.4 Å². The van der Waals surface area contributed by atoms with E-state index in [-0.39, 0.29) is 11.3 Å². The molecular weight excluding hydrogens is 264 g/mol. The summed E-state index contributed by atoms with van der Waals surface area (Å²) in [4.78, 5) is 22.9. The zero-order chi connectivity index (χ0) is 13.8. The van der Waals surface area contributed by atoms with Crippen LogP contribution < -0.4 is 4.74 Å². The summed E-state index contributed by atoms with van der Waals surface area (Å²) in [6.07, 6.45) is 0. The van der Waals surface area contributed by atoms with Gasteiger partial charge >= 0.3 is 5.97 Å². The van der Waals surface area contributed by atoms with Crippen LogP contribution in [0, 0.1) is 6.92 Å². The van der Waals surface area contributed by atoms with Crippen LogP contribution in [-0.2, 0) is 0 Å². The lowest BCUT2D eigenvalue weighted by Gasteiger charge is -2.05. The summed E-state index contributed by atoms with van der Waals surface area (Å²) < 4.78 is 5.20. The second-order valence-electron chi connectivity index (χ2n) is 4.06. The molecule has 0 heterocycles. The fraction of sp³-hybridized carbons (Fsp3) is 0.0667. The predicted octanol–water partition coefficient (Wildman–Crippen LogP) is 3.59. The number of esters is 1. The van der Waals surface area contributed by atoms with E-state index >= 15 is 0 Å². The number of carbonyl (C=O) groups excluding carboxylic acids is 2. The molecule has 4 heteroatoms. The first-order chi connectivity index (χ1) is 9.06. The zero-order valence-corrected chi connectivity index (χ0v) is 11.0. The summed E-state index contributed by atoms with van der Waals surface area (Å²) in [7, 11) is 0. The van der Waals surface area contributed by atoms with Gasteiger partial charge in [0, 0.05) is 5.56 Å². The van der Waals surface area contributed by atoms with Crippen molar-refractivity contribution in [3.63, 3.8) is 0 Å². The number of aryl methyl sites for hydroxylation is 1. The second kappa shape index (κ2) is 5.67. The van der Waals surface area contributed by atoms with E-state index in [1.165, 1.54) is 6.07 Å². The number of benzene rings is 2. The molecule has 0 bridgehead atoms. The molecule has 0 saturated heterocycles. The SMILES string of the molecule is Cc1cccc(C(=O)Oc2cccc(C(=O)Cl)c2)c1. The Hall–Kier alpha value is -2.13. The zero-order valence-electron chi connectivity index (χ0n) is 10.2. The average Bonchev–Trinajstić information content (AvgIpc) is 2.39. The first kappa shape index (κ1) is 13.3. The Labute approximate surface area is 115 Å². The van der Waals surface area contributed by atoms with Gasteiger partial charge in [-0.25, -0.2) is 4.79 Å². The van der Waals surface area contributed by atoms with Crippen molar-refractivity contribution in [1.29, 1.82) is 0 Å². The van der Waals surface area contributed by atoms with Crippen LogP contribution in [0.1, 0.15) is 26.3 Å². The molecule has 0 fully saturated rings. The van der Waals surface area contributed by atoms with Crippen molar-refractivity contribution in [3.05, 3.63) is 65.2 Å². The second-order valence-corrected chi connectivity index (χ2v) is 4.40. The Kier molecular flexibility index (Phi) is 3.97. The fourth-order valence-electron chi connectivity index (χ4n) is 1.62. The third-order valence-electron chi connectivity index (χ3n) is 2.53. The molecule has 0 unspecified atom stereocenters. The Balaban J connectivity index is 2.19.